The number of aromatic nitrogens is 2. The summed E-state index contributed by atoms with van der Waals surface area (Å²) in [5, 5.41) is 0. The van der Waals surface area contributed by atoms with Gasteiger partial charge >= 0.3 is 0 Å². The summed E-state index contributed by atoms with van der Waals surface area (Å²) in [6.45, 7) is 14.3. The molecule has 6 heteroatoms. The van der Waals surface area contributed by atoms with Crippen molar-refractivity contribution >= 4 is 11.6 Å². The fourth-order valence-electron chi connectivity index (χ4n) is 4.32. The summed E-state index contributed by atoms with van der Waals surface area (Å²) >= 11 is 0. The van der Waals surface area contributed by atoms with Crippen molar-refractivity contribution in [2.75, 3.05) is 62.3 Å². The van der Waals surface area contributed by atoms with E-state index in [0.29, 0.717) is 12.0 Å². The average Bonchev–Trinajstić information content (AvgIpc) is 2.79. The van der Waals surface area contributed by atoms with Gasteiger partial charge in [-0.2, -0.15) is 0 Å². The Morgan fingerprint density at radius 2 is 1.62 bits per heavy atom. The highest BCUT2D eigenvalue weighted by atomic mass is 16.5. The third-order valence-electron chi connectivity index (χ3n) is 6.19. The van der Waals surface area contributed by atoms with Crippen molar-refractivity contribution in [3.05, 3.63) is 47.8 Å². The molecule has 156 valence electrons. The van der Waals surface area contributed by atoms with E-state index in [1.54, 1.807) is 0 Å². The molecule has 4 rings (SSSR count). The first-order chi connectivity index (χ1) is 14.1. The van der Waals surface area contributed by atoms with Crippen LogP contribution >= 0.6 is 0 Å². The molecule has 0 saturated carbocycles. The van der Waals surface area contributed by atoms with E-state index in [4.69, 9.17) is 9.72 Å². The Bertz CT molecular complexity index is 797. The van der Waals surface area contributed by atoms with Crippen LogP contribution in [0.25, 0.3) is 0 Å². The lowest BCUT2D eigenvalue weighted by Gasteiger charge is -2.39. The molecule has 6 nitrogen and oxygen atoms in total. The zero-order valence-corrected chi connectivity index (χ0v) is 17.9. The van der Waals surface area contributed by atoms with Crippen LogP contribution < -0.4 is 9.80 Å². The number of rotatable bonds is 5. The summed E-state index contributed by atoms with van der Waals surface area (Å²) < 4.78 is 5.48. The molecule has 0 aliphatic carbocycles. The molecule has 0 amide bonds. The van der Waals surface area contributed by atoms with Crippen LogP contribution in [0.4, 0.5) is 11.6 Å². The molecule has 2 aromatic rings. The van der Waals surface area contributed by atoms with E-state index in [1.165, 1.54) is 11.1 Å². The van der Waals surface area contributed by atoms with Crippen molar-refractivity contribution < 1.29 is 4.74 Å². The van der Waals surface area contributed by atoms with E-state index >= 15 is 0 Å². The number of piperazine rings is 1. The first-order valence-corrected chi connectivity index (χ1v) is 10.9. The monoisotopic (exact) mass is 395 g/mol. The zero-order chi connectivity index (χ0) is 20.2. The Kier molecular flexibility index (Phi) is 6.31. The largest absolute Gasteiger partial charge is 0.378 e. The molecule has 0 N–H and O–H groups in total. The van der Waals surface area contributed by atoms with Gasteiger partial charge in [-0.05, 0) is 42.2 Å². The molecular formula is C23H33N5O. The lowest BCUT2D eigenvalue weighted by Crippen LogP contribution is -2.47. The summed E-state index contributed by atoms with van der Waals surface area (Å²) in [7, 11) is 0. The summed E-state index contributed by atoms with van der Waals surface area (Å²) in [5.74, 6) is 2.73. The smallest absolute Gasteiger partial charge is 0.132 e. The van der Waals surface area contributed by atoms with Crippen molar-refractivity contribution in [3.63, 3.8) is 0 Å². The standard InChI is InChI=1S/C23H33N5O/c1-18(2)21-5-4-7-25-23(21)28-11-9-26(10-12-28)19(3)20-6-8-24-22(17-20)27-13-15-29-16-14-27/h4-8,17-19H,9-16H2,1-3H3. The molecule has 0 spiro atoms. The minimum atomic E-state index is 0.383. The number of hydrogen-bond donors (Lipinski definition) is 0. The predicted octanol–water partition coefficient (Wildman–Crippen LogP) is 3.32. The minimum absolute atomic E-state index is 0.383. The van der Waals surface area contributed by atoms with Gasteiger partial charge in [0.25, 0.3) is 0 Å². The fourth-order valence-corrected chi connectivity index (χ4v) is 4.32. The van der Waals surface area contributed by atoms with Crippen LogP contribution in [0, 0.1) is 0 Å². The molecule has 2 aliphatic rings. The zero-order valence-electron chi connectivity index (χ0n) is 17.9. The van der Waals surface area contributed by atoms with Crippen LogP contribution in [-0.4, -0.2) is 67.4 Å². The van der Waals surface area contributed by atoms with Crippen molar-refractivity contribution in [1.29, 1.82) is 0 Å². The fraction of sp³-hybridized carbons (Fsp3) is 0.565. The van der Waals surface area contributed by atoms with E-state index < -0.39 is 0 Å². The van der Waals surface area contributed by atoms with Crippen LogP contribution in [0.3, 0.4) is 0 Å². The second-order valence-corrected chi connectivity index (χ2v) is 8.32. The first-order valence-electron chi connectivity index (χ1n) is 10.9. The van der Waals surface area contributed by atoms with Crippen molar-refractivity contribution in [2.24, 2.45) is 0 Å². The summed E-state index contributed by atoms with van der Waals surface area (Å²) in [6, 6.07) is 9.07. The third kappa shape index (κ3) is 4.54. The Morgan fingerprint density at radius 3 is 2.34 bits per heavy atom. The van der Waals surface area contributed by atoms with Crippen LogP contribution in [-0.2, 0) is 4.74 Å². The van der Waals surface area contributed by atoms with Crippen LogP contribution in [0.15, 0.2) is 36.7 Å². The maximum atomic E-state index is 5.48. The highest BCUT2D eigenvalue weighted by Gasteiger charge is 2.25. The highest BCUT2D eigenvalue weighted by Crippen LogP contribution is 2.28. The molecule has 1 unspecified atom stereocenters. The third-order valence-corrected chi connectivity index (χ3v) is 6.19. The Hall–Kier alpha value is -2.18. The van der Waals surface area contributed by atoms with Gasteiger partial charge in [0.2, 0.25) is 0 Å². The number of anilines is 2. The van der Waals surface area contributed by atoms with E-state index in [1.807, 2.05) is 18.5 Å². The topological polar surface area (TPSA) is 44.7 Å². The van der Waals surface area contributed by atoms with Crippen LogP contribution in [0.2, 0.25) is 0 Å². The van der Waals surface area contributed by atoms with Gasteiger partial charge in [0, 0.05) is 57.7 Å². The molecule has 29 heavy (non-hydrogen) atoms. The Morgan fingerprint density at radius 1 is 0.862 bits per heavy atom. The lowest BCUT2D eigenvalue weighted by molar-refractivity contribution is 0.122. The second-order valence-electron chi connectivity index (χ2n) is 8.32. The number of ether oxygens (including phenoxy) is 1. The van der Waals surface area contributed by atoms with Gasteiger partial charge in [0.1, 0.15) is 11.6 Å². The Labute approximate surface area is 174 Å². The van der Waals surface area contributed by atoms with Crippen LogP contribution in [0.1, 0.15) is 43.9 Å². The normalized spacial score (nSPS) is 19.6. The summed E-state index contributed by atoms with van der Waals surface area (Å²) in [5.41, 5.74) is 2.69. The Balaban J connectivity index is 1.41. The van der Waals surface area contributed by atoms with Crippen molar-refractivity contribution in [2.45, 2.75) is 32.7 Å². The summed E-state index contributed by atoms with van der Waals surface area (Å²) in [4.78, 5) is 16.7. The molecule has 4 heterocycles. The molecular weight excluding hydrogens is 362 g/mol. The molecule has 2 aliphatic heterocycles. The van der Waals surface area contributed by atoms with Gasteiger partial charge in [-0.25, -0.2) is 9.97 Å². The lowest BCUT2D eigenvalue weighted by atomic mass is 10.0. The molecule has 2 saturated heterocycles. The van der Waals surface area contributed by atoms with Crippen molar-refractivity contribution in [1.82, 2.24) is 14.9 Å². The van der Waals surface area contributed by atoms with Crippen molar-refractivity contribution in [3.8, 4) is 0 Å². The second kappa shape index (κ2) is 9.09. The van der Waals surface area contributed by atoms with Gasteiger partial charge in [-0.1, -0.05) is 19.9 Å². The molecule has 1 atom stereocenters. The first kappa shape index (κ1) is 20.1. The van der Waals surface area contributed by atoms with Gasteiger partial charge in [0.15, 0.2) is 0 Å². The molecule has 2 aromatic heterocycles. The van der Waals surface area contributed by atoms with Crippen LogP contribution in [0.5, 0.6) is 0 Å². The quantitative estimate of drug-likeness (QED) is 0.774. The molecule has 0 bridgehead atoms. The number of hydrogen-bond acceptors (Lipinski definition) is 6. The van der Waals surface area contributed by atoms with Gasteiger partial charge in [0.05, 0.1) is 13.2 Å². The molecule has 2 fully saturated rings. The summed E-state index contributed by atoms with van der Waals surface area (Å²) in [6.07, 6.45) is 3.87. The van der Waals surface area contributed by atoms with E-state index in [0.717, 1.165) is 64.1 Å². The predicted molar refractivity (Wildman–Crippen MR) is 118 cm³/mol. The number of pyridine rings is 2. The van der Waals surface area contributed by atoms with Gasteiger partial charge in [-0.15, -0.1) is 0 Å². The maximum Gasteiger partial charge on any atom is 0.132 e. The minimum Gasteiger partial charge on any atom is -0.378 e. The maximum absolute atomic E-state index is 5.48. The highest BCUT2D eigenvalue weighted by molar-refractivity contribution is 5.49. The van der Waals surface area contributed by atoms with E-state index in [2.05, 4.69) is 58.7 Å². The average molecular weight is 396 g/mol. The SMILES string of the molecule is CC(C)c1cccnc1N1CCN(C(C)c2ccnc(N3CCOCC3)c2)CC1. The molecule has 0 aromatic carbocycles. The molecule has 0 radical (unpaired) electrons. The van der Waals surface area contributed by atoms with Gasteiger partial charge in [-0.3, -0.25) is 4.90 Å². The van der Waals surface area contributed by atoms with Gasteiger partial charge < -0.3 is 14.5 Å². The number of morpholine rings is 1. The van der Waals surface area contributed by atoms with E-state index in [-0.39, 0.29) is 0 Å². The van der Waals surface area contributed by atoms with E-state index in [9.17, 15) is 0 Å². The number of nitrogens with zero attached hydrogens (tertiary/aromatic N) is 5.